The van der Waals surface area contributed by atoms with Gasteiger partial charge in [-0.2, -0.15) is 4.31 Å². The Morgan fingerprint density at radius 1 is 1.13 bits per heavy atom. The standard InChI is InChI=1S/C22H29N3O4S2/c1-16-10-21(30-15-16)17-11-18(22(26)24-5-4-19(14-24)23(2)3)13-20(12-17)31(27,28)25-6-8-29-9-7-25/h10-13,15,19H,4-9,14H2,1-3H3. The number of carbonyl (C=O) groups excluding carboxylic acids is 1. The third-order valence-electron chi connectivity index (χ3n) is 5.96. The molecule has 1 amide bonds. The van der Waals surface area contributed by atoms with Crippen LogP contribution in [0, 0.1) is 6.92 Å². The molecule has 1 unspecified atom stereocenters. The summed E-state index contributed by atoms with van der Waals surface area (Å²) in [5, 5.41) is 2.03. The molecule has 31 heavy (non-hydrogen) atoms. The number of thiophene rings is 1. The number of benzene rings is 1. The van der Waals surface area contributed by atoms with Crippen LogP contribution in [0.2, 0.25) is 0 Å². The molecule has 2 fully saturated rings. The van der Waals surface area contributed by atoms with Crippen LogP contribution in [0.4, 0.5) is 0 Å². The summed E-state index contributed by atoms with van der Waals surface area (Å²) in [6, 6.07) is 7.41. The van der Waals surface area contributed by atoms with Gasteiger partial charge in [-0.1, -0.05) is 0 Å². The first-order valence-electron chi connectivity index (χ1n) is 10.5. The van der Waals surface area contributed by atoms with E-state index in [1.54, 1.807) is 23.5 Å². The quantitative estimate of drug-likeness (QED) is 0.682. The van der Waals surface area contributed by atoms with Gasteiger partial charge in [0.05, 0.1) is 18.1 Å². The highest BCUT2D eigenvalue weighted by Crippen LogP contribution is 2.32. The third kappa shape index (κ3) is 4.70. The van der Waals surface area contributed by atoms with Gasteiger partial charge in [0.25, 0.3) is 5.91 Å². The molecule has 3 heterocycles. The maximum atomic E-state index is 13.4. The highest BCUT2D eigenvalue weighted by molar-refractivity contribution is 7.89. The number of rotatable bonds is 5. The van der Waals surface area contributed by atoms with Crippen LogP contribution in [-0.2, 0) is 14.8 Å². The largest absolute Gasteiger partial charge is 0.379 e. The van der Waals surface area contributed by atoms with Gasteiger partial charge in [0.1, 0.15) is 0 Å². The molecule has 2 saturated heterocycles. The molecule has 2 aliphatic heterocycles. The number of ether oxygens (including phenoxy) is 1. The Balaban J connectivity index is 1.73. The summed E-state index contributed by atoms with van der Waals surface area (Å²) < 4.78 is 33.5. The molecule has 0 radical (unpaired) electrons. The molecule has 4 rings (SSSR count). The van der Waals surface area contributed by atoms with Crippen LogP contribution in [0.15, 0.2) is 34.5 Å². The Bertz CT molecular complexity index is 1060. The normalized spacial score (nSPS) is 20.5. The van der Waals surface area contributed by atoms with Crippen LogP contribution in [0.25, 0.3) is 10.4 Å². The second-order valence-corrected chi connectivity index (χ2v) is 11.3. The van der Waals surface area contributed by atoms with Crippen molar-refractivity contribution in [1.29, 1.82) is 0 Å². The lowest BCUT2D eigenvalue weighted by atomic mass is 10.1. The molecule has 0 saturated carbocycles. The molecule has 0 bridgehead atoms. The molecular weight excluding hydrogens is 434 g/mol. The molecule has 2 aliphatic rings. The Hall–Kier alpha value is -1.78. The van der Waals surface area contributed by atoms with Crippen LogP contribution < -0.4 is 0 Å². The summed E-state index contributed by atoms with van der Waals surface area (Å²) in [5.74, 6) is -0.113. The topological polar surface area (TPSA) is 70.2 Å². The van der Waals surface area contributed by atoms with Crippen LogP contribution in [0.1, 0.15) is 22.3 Å². The van der Waals surface area contributed by atoms with Crippen molar-refractivity contribution in [3.8, 4) is 10.4 Å². The summed E-state index contributed by atoms with van der Waals surface area (Å²) >= 11 is 1.55. The van der Waals surface area contributed by atoms with Crippen molar-refractivity contribution in [1.82, 2.24) is 14.1 Å². The Morgan fingerprint density at radius 2 is 1.87 bits per heavy atom. The van der Waals surface area contributed by atoms with Crippen molar-refractivity contribution >= 4 is 27.3 Å². The van der Waals surface area contributed by atoms with Gasteiger partial charge in [-0.05, 0) is 68.2 Å². The molecule has 7 nitrogen and oxygen atoms in total. The van der Waals surface area contributed by atoms with E-state index in [4.69, 9.17) is 4.74 Å². The zero-order valence-electron chi connectivity index (χ0n) is 18.2. The molecule has 2 aromatic rings. The van der Waals surface area contributed by atoms with Gasteiger partial charge in [0, 0.05) is 42.7 Å². The molecule has 1 aromatic heterocycles. The van der Waals surface area contributed by atoms with Crippen LogP contribution >= 0.6 is 11.3 Å². The molecule has 168 valence electrons. The van der Waals surface area contributed by atoms with E-state index in [1.807, 2.05) is 43.4 Å². The predicted octanol–water partition coefficient (Wildman–Crippen LogP) is 2.52. The highest BCUT2D eigenvalue weighted by atomic mass is 32.2. The number of sulfonamides is 1. The lowest BCUT2D eigenvalue weighted by Crippen LogP contribution is -2.40. The average Bonchev–Trinajstić information content (AvgIpc) is 3.43. The van der Waals surface area contributed by atoms with E-state index >= 15 is 0 Å². The maximum Gasteiger partial charge on any atom is 0.253 e. The van der Waals surface area contributed by atoms with E-state index in [0.29, 0.717) is 51.0 Å². The zero-order valence-corrected chi connectivity index (χ0v) is 19.8. The molecule has 0 spiro atoms. The van der Waals surface area contributed by atoms with Gasteiger partial charge in [0.15, 0.2) is 0 Å². The summed E-state index contributed by atoms with van der Waals surface area (Å²) in [7, 11) is 0.328. The number of hydrogen-bond donors (Lipinski definition) is 0. The van der Waals surface area contributed by atoms with Gasteiger partial charge >= 0.3 is 0 Å². The van der Waals surface area contributed by atoms with Crippen molar-refractivity contribution in [3.05, 3.63) is 40.8 Å². The lowest BCUT2D eigenvalue weighted by Gasteiger charge is -2.26. The van der Waals surface area contributed by atoms with Gasteiger partial charge in [-0.15, -0.1) is 11.3 Å². The number of likely N-dealkylation sites (tertiary alicyclic amines) is 1. The number of likely N-dealkylation sites (N-methyl/N-ethyl adjacent to an activating group) is 1. The van der Waals surface area contributed by atoms with Gasteiger partial charge in [-0.25, -0.2) is 8.42 Å². The molecular formula is C22H29N3O4S2. The van der Waals surface area contributed by atoms with Crippen LogP contribution in [0.5, 0.6) is 0 Å². The molecule has 9 heteroatoms. The molecule has 0 N–H and O–H groups in total. The fraction of sp³-hybridized carbons (Fsp3) is 0.500. The first kappa shape index (κ1) is 22.4. The lowest BCUT2D eigenvalue weighted by molar-refractivity contribution is 0.0730. The number of morpholine rings is 1. The number of amides is 1. The number of nitrogens with zero attached hydrogens (tertiary/aromatic N) is 3. The van der Waals surface area contributed by atoms with Crippen molar-refractivity contribution in [2.75, 3.05) is 53.5 Å². The summed E-state index contributed by atoms with van der Waals surface area (Å²) in [5.41, 5.74) is 2.30. The minimum Gasteiger partial charge on any atom is -0.379 e. The molecule has 1 aromatic carbocycles. The van der Waals surface area contributed by atoms with E-state index < -0.39 is 10.0 Å². The predicted molar refractivity (Wildman–Crippen MR) is 122 cm³/mol. The minimum absolute atomic E-state index is 0.113. The summed E-state index contributed by atoms with van der Waals surface area (Å²) in [4.78, 5) is 18.4. The first-order chi connectivity index (χ1) is 14.8. The van der Waals surface area contributed by atoms with E-state index in [1.165, 1.54) is 4.31 Å². The minimum atomic E-state index is -3.71. The fourth-order valence-corrected chi connectivity index (χ4v) is 6.43. The van der Waals surface area contributed by atoms with E-state index in [9.17, 15) is 13.2 Å². The average molecular weight is 464 g/mol. The van der Waals surface area contributed by atoms with E-state index in [-0.39, 0.29) is 10.8 Å². The first-order valence-corrected chi connectivity index (χ1v) is 12.8. The van der Waals surface area contributed by atoms with Crippen molar-refractivity contribution in [3.63, 3.8) is 0 Å². The zero-order chi connectivity index (χ0) is 22.2. The van der Waals surface area contributed by atoms with Crippen LogP contribution in [-0.4, -0.2) is 88.0 Å². The highest BCUT2D eigenvalue weighted by Gasteiger charge is 2.31. The number of carbonyl (C=O) groups is 1. The van der Waals surface area contributed by atoms with Crippen molar-refractivity contribution in [2.45, 2.75) is 24.3 Å². The smallest absolute Gasteiger partial charge is 0.253 e. The summed E-state index contributed by atoms with van der Waals surface area (Å²) in [6.07, 6.45) is 0.918. The monoisotopic (exact) mass is 463 g/mol. The van der Waals surface area contributed by atoms with Crippen molar-refractivity contribution < 1.29 is 17.9 Å². The molecule has 1 atom stereocenters. The Kier molecular flexibility index (Phi) is 6.50. The van der Waals surface area contributed by atoms with Gasteiger partial charge in [-0.3, -0.25) is 4.79 Å². The second-order valence-electron chi connectivity index (χ2n) is 8.41. The second kappa shape index (κ2) is 8.99. The van der Waals surface area contributed by atoms with Crippen LogP contribution in [0.3, 0.4) is 0 Å². The number of aryl methyl sites for hydroxylation is 1. The van der Waals surface area contributed by atoms with E-state index in [2.05, 4.69) is 4.90 Å². The Labute approximate surface area is 188 Å². The SMILES string of the molecule is Cc1csc(-c2cc(C(=O)N3CCC(N(C)C)C3)cc(S(=O)(=O)N3CCOCC3)c2)c1. The van der Waals surface area contributed by atoms with Gasteiger partial charge < -0.3 is 14.5 Å². The number of hydrogen-bond acceptors (Lipinski definition) is 6. The Morgan fingerprint density at radius 3 is 2.48 bits per heavy atom. The van der Waals surface area contributed by atoms with Crippen molar-refractivity contribution in [2.24, 2.45) is 0 Å². The summed E-state index contributed by atoms with van der Waals surface area (Å²) in [6.45, 7) is 4.75. The van der Waals surface area contributed by atoms with Gasteiger partial charge in [0.2, 0.25) is 10.0 Å². The molecule has 0 aliphatic carbocycles. The van der Waals surface area contributed by atoms with E-state index in [0.717, 1.165) is 22.4 Å². The third-order valence-corrected chi connectivity index (χ3v) is 8.93. The maximum absolute atomic E-state index is 13.4. The fourth-order valence-electron chi connectivity index (χ4n) is 4.06.